The number of nitrogens with one attached hydrogen (secondary N) is 1. The van der Waals surface area contributed by atoms with E-state index in [4.69, 9.17) is 4.74 Å². The molecule has 0 aromatic heterocycles. The van der Waals surface area contributed by atoms with Crippen LogP contribution in [0.15, 0.2) is 0 Å². The van der Waals surface area contributed by atoms with Crippen LogP contribution in [-0.2, 0) is 4.74 Å². The molecule has 2 atom stereocenters. The van der Waals surface area contributed by atoms with Gasteiger partial charge in [-0.2, -0.15) is 0 Å². The molecule has 0 radical (unpaired) electrons. The molecule has 0 saturated carbocycles. The van der Waals surface area contributed by atoms with Crippen LogP contribution in [0.4, 0.5) is 0 Å². The van der Waals surface area contributed by atoms with Crippen LogP contribution in [0.5, 0.6) is 0 Å². The molecule has 1 rings (SSSR count). The summed E-state index contributed by atoms with van der Waals surface area (Å²) in [5.41, 5.74) is 0. The van der Waals surface area contributed by atoms with Gasteiger partial charge in [0.2, 0.25) is 0 Å². The molecule has 2 nitrogen and oxygen atoms in total. The first-order valence-corrected chi connectivity index (χ1v) is 5.19. The molecule has 1 aliphatic heterocycles. The molecule has 1 aliphatic rings. The number of hydrogen-bond acceptors (Lipinski definition) is 2. The first-order chi connectivity index (χ1) is 5.83. The van der Waals surface area contributed by atoms with Crippen LogP contribution in [0.25, 0.3) is 0 Å². The van der Waals surface area contributed by atoms with Crippen LogP contribution in [0, 0.1) is 0 Å². The molecule has 0 amide bonds. The zero-order valence-electron chi connectivity index (χ0n) is 8.31. The largest absolute Gasteiger partial charge is 0.374 e. The Morgan fingerprint density at radius 3 is 3.00 bits per heavy atom. The predicted octanol–water partition coefficient (Wildman–Crippen LogP) is 1.94. The molecule has 1 heterocycles. The van der Waals surface area contributed by atoms with Gasteiger partial charge in [0.15, 0.2) is 0 Å². The van der Waals surface area contributed by atoms with E-state index in [2.05, 4.69) is 19.2 Å². The lowest BCUT2D eigenvalue weighted by Crippen LogP contribution is -2.37. The molecule has 0 bridgehead atoms. The third kappa shape index (κ3) is 3.55. The first kappa shape index (κ1) is 10.0. The van der Waals surface area contributed by atoms with Crippen LogP contribution in [0.3, 0.4) is 0 Å². The van der Waals surface area contributed by atoms with Crippen molar-refractivity contribution in [2.75, 3.05) is 13.1 Å². The molecule has 0 spiro atoms. The Bertz CT molecular complexity index is 110. The lowest BCUT2D eigenvalue weighted by molar-refractivity contribution is -0.0173. The molecule has 1 fully saturated rings. The zero-order valence-corrected chi connectivity index (χ0v) is 8.31. The molecule has 1 saturated heterocycles. The zero-order chi connectivity index (χ0) is 8.81. The van der Waals surface area contributed by atoms with Gasteiger partial charge in [0.1, 0.15) is 0 Å². The van der Waals surface area contributed by atoms with Crippen LogP contribution in [0.1, 0.15) is 39.5 Å². The Morgan fingerprint density at radius 2 is 2.42 bits per heavy atom. The normalized spacial score (nSPS) is 27.0. The summed E-state index contributed by atoms with van der Waals surface area (Å²) in [7, 11) is 0. The van der Waals surface area contributed by atoms with E-state index < -0.39 is 0 Å². The quantitative estimate of drug-likeness (QED) is 0.698. The maximum absolute atomic E-state index is 5.87. The maximum Gasteiger partial charge on any atom is 0.0703 e. The minimum Gasteiger partial charge on any atom is -0.374 e. The Balaban J connectivity index is 2.11. The summed E-state index contributed by atoms with van der Waals surface area (Å²) in [5, 5.41) is 3.36. The van der Waals surface area contributed by atoms with Crippen molar-refractivity contribution in [1.82, 2.24) is 5.32 Å². The summed E-state index contributed by atoms with van der Waals surface area (Å²) in [6.07, 6.45) is 5.84. The van der Waals surface area contributed by atoms with E-state index in [1.807, 2.05) is 0 Å². The van der Waals surface area contributed by atoms with Gasteiger partial charge >= 0.3 is 0 Å². The lowest BCUT2D eigenvalue weighted by atomic mass is 10.1. The van der Waals surface area contributed by atoms with Gasteiger partial charge in [-0.3, -0.25) is 0 Å². The van der Waals surface area contributed by atoms with Crippen LogP contribution in [-0.4, -0.2) is 25.3 Å². The van der Waals surface area contributed by atoms with Gasteiger partial charge < -0.3 is 10.1 Å². The van der Waals surface area contributed by atoms with E-state index in [9.17, 15) is 0 Å². The summed E-state index contributed by atoms with van der Waals surface area (Å²) in [6, 6.07) is 0. The third-order valence-electron chi connectivity index (χ3n) is 2.37. The van der Waals surface area contributed by atoms with E-state index in [1.54, 1.807) is 0 Å². The van der Waals surface area contributed by atoms with Crippen molar-refractivity contribution in [2.24, 2.45) is 0 Å². The fourth-order valence-corrected chi connectivity index (χ4v) is 1.74. The van der Waals surface area contributed by atoms with Gasteiger partial charge in [-0.25, -0.2) is 0 Å². The van der Waals surface area contributed by atoms with Gasteiger partial charge in [-0.05, 0) is 32.7 Å². The molecular formula is C10H21NO. The highest BCUT2D eigenvalue weighted by molar-refractivity contribution is 4.69. The molecule has 0 aliphatic carbocycles. The topological polar surface area (TPSA) is 21.3 Å². The first-order valence-electron chi connectivity index (χ1n) is 5.19. The molecule has 72 valence electrons. The second-order valence-corrected chi connectivity index (χ2v) is 3.70. The number of hydrogen-bond donors (Lipinski definition) is 1. The molecule has 2 unspecified atom stereocenters. The van der Waals surface area contributed by atoms with E-state index >= 15 is 0 Å². The molecule has 1 N–H and O–H groups in total. The number of rotatable bonds is 4. The molecule has 0 aromatic rings. The van der Waals surface area contributed by atoms with Crippen molar-refractivity contribution in [2.45, 2.75) is 51.7 Å². The van der Waals surface area contributed by atoms with E-state index in [-0.39, 0.29) is 0 Å². The molecular weight excluding hydrogens is 150 g/mol. The average molecular weight is 171 g/mol. The van der Waals surface area contributed by atoms with Crippen molar-refractivity contribution in [1.29, 1.82) is 0 Å². The van der Waals surface area contributed by atoms with E-state index in [0.29, 0.717) is 12.2 Å². The Hall–Kier alpha value is -0.0800. The second kappa shape index (κ2) is 5.55. The van der Waals surface area contributed by atoms with Crippen LogP contribution >= 0.6 is 0 Å². The van der Waals surface area contributed by atoms with Gasteiger partial charge in [-0.1, -0.05) is 13.3 Å². The average Bonchev–Trinajstić information content (AvgIpc) is 2.06. The predicted molar refractivity (Wildman–Crippen MR) is 51.3 cm³/mol. The van der Waals surface area contributed by atoms with Gasteiger partial charge in [0.25, 0.3) is 0 Å². The highest BCUT2D eigenvalue weighted by Crippen LogP contribution is 2.11. The highest BCUT2D eigenvalue weighted by Gasteiger charge is 2.15. The second-order valence-electron chi connectivity index (χ2n) is 3.70. The summed E-state index contributed by atoms with van der Waals surface area (Å²) < 4.78 is 5.87. The Labute approximate surface area is 75.7 Å². The number of piperidine rings is 1. The molecule has 0 aromatic carbocycles. The van der Waals surface area contributed by atoms with Gasteiger partial charge in [0, 0.05) is 6.54 Å². The van der Waals surface area contributed by atoms with Gasteiger partial charge in [-0.15, -0.1) is 0 Å². The van der Waals surface area contributed by atoms with Crippen molar-refractivity contribution in [3.8, 4) is 0 Å². The standard InChI is InChI=1S/C10H21NO/c1-3-5-9(2)12-10-6-4-7-11-8-10/h9-11H,3-8H2,1-2H3. The lowest BCUT2D eigenvalue weighted by Gasteiger charge is -2.26. The minimum absolute atomic E-state index is 0.444. The van der Waals surface area contributed by atoms with Crippen LogP contribution in [0.2, 0.25) is 0 Å². The summed E-state index contributed by atoms with van der Waals surface area (Å²) in [4.78, 5) is 0. The van der Waals surface area contributed by atoms with Gasteiger partial charge in [0.05, 0.1) is 12.2 Å². The molecule has 2 heteroatoms. The maximum atomic E-state index is 5.87. The van der Waals surface area contributed by atoms with Crippen molar-refractivity contribution in [3.63, 3.8) is 0 Å². The minimum atomic E-state index is 0.444. The summed E-state index contributed by atoms with van der Waals surface area (Å²) >= 11 is 0. The van der Waals surface area contributed by atoms with Crippen molar-refractivity contribution in [3.05, 3.63) is 0 Å². The summed E-state index contributed by atoms with van der Waals surface area (Å²) in [5.74, 6) is 0. The van der Waals surface area contributed by atoms with Crippen LogP contribution < -0.4 is 5.32 Å². The smallest absolute Gasteiger partial charge is 0.0703 e. The van der Waals surface area contributed by atoms with E-state index in [1.165, 1.54) is 32.2 Å². The third-order valence-corrected chi connectivity index (χ3v) is 2.37. The summed E-state index contributed by atoms with van der Waals surface area (Å²) in [6.45, 7) is 6.60. The number of ether oxygens (including phenoxy) is 1. The SMILES string of the molecule is CCCC(C)OC1CCCNC1. The Morgan fingerprint density at radius 1 is 1.58 bits per heavy atom. The Kier molecular flexibility index (Phi) is 4.62. The van der Waals surface area contributed by atoms with Crippen molar-refractivity contribution >= 4 is 0 Å². The fraction of sp³-hybridized carbons (Fsp3) is 1.00. The monoisotopic (exact) mass is 171 g/mol. The fourth-order valence-electron chi connectivity index (χ4n) is 1.74. The van der Waals surface area contributed by atoms with Crippen molar-refractivity contribution < 1.29 is 4.74 Å². The molecule has 12 heavy (non-hydrogen) atoms. The van der Waals surface area contributed by atoms with E-state index in [0.717, 1.165) is 6.54 Å². The highest BCUT2D eigenvalue weighted by atomic mass is 16.5.